The van der Waals surface area contributed by atoms with Gasteiger partial charge in [0.05, 0.1) is 23.3 Å². The summed E-state index contributed by atoms with van der Waals surface area (Å²) in [5, 5.41) is 8.49. The fourth-order valence-corrected chi connectivity index (χ4v) is 4.66. The highest BCUT2D eigenvalue weighted by Crippen LogP contribution is 2.32. The summed E-state index contributed by atoms with van der Waals surface area (Å²) in [6.45, 7) is 0. The summed E-state index contributed by atoms with van der Waals surface area (Å²) >= 11 is 0. The van der Waals surface area contributed by atoms with E-state index in [2.05, 4.69) is 10.2 Å². The fraction of sp³-hybridized carbons (Fsp3) is 0.400. The minimum absolute atomic E-state index is 0.0345. The van der Waals surface area contributed by atoms with Crippen LogP contribution >= 0.6 is 0 Å². The number of anilines is 1. The molecule has 0 amide bonds. The third kappa shape index (κ3) is 2.42. The number of aryl methyl sites for hydroxylation is 1. The predicted octanol–water partition coefficient (Wildman–Crippen LogP) is 1.69. The largest absolute Gasteiger partial charge is 0.384 e. The maximum absolute atomic E-state index is 12.3. The summed E-state index contributed by atoms with van der Waals surface area (Å²) in [7, 11) is 0.989. The molecule has 2 N–H and O–H groups in total. The molecule has 0 aliphatic carbocycles. The van der Waals surface area contributed by atoms with Gasteiger partial charge in [-0.05, 0) is 12.8 Å². The van der Waals surface area contributed by atoms with Gasteiger partial charge in [-0.1, -0.05) is 6.42 Å². The smallest absolute Gasteiger partial charge is 0.165 e. The van der Waals surface area contributed by atoms with E-state index in [4.69, 9.17) is 10.7 Å². The van der Waals surface area contributed by atoms with Crippen LogP contribution in [0.2, 0.25) is 0 Å². The van der Waals surface area contributed by atoms with Gasteiger partial charge >= 0.3 is 0 Å². The zero-order valence-electron chi connectivity index (χ0n) is 12.8. The van der Waals surface area contributed by atoms with Gasteiger partial charge in [-0.15, -0.1) is 0 Å². The van der Waals surface area contributed by atoms with Crippen molar-refractivity contribution < 1.29 is 4.21 Å². The second kappa shape index (κ2) is 5.45. The summed E-state index contributed by atoms with van der Waals surface area (Å²) in [6.07, 6.45) is 8.44. The molecule has 0 bridgehead atoms. The SMILES string of the molecule is Cn1cc(-c2cnn3c(N)cc(C4CCCCS4=O)nc23)cn1. The molecule has 1 saturated heterocycles. The summed E-state index contributed by atoms with van der Waals surface area (Å²) in [4.78, 5) is 4.75. The molecular formula is C15H18N6OS. The Morgan fingerprint density at radius 2 is 2.17 bits per heavy atom. The van der Waals surface area contributed by atoms with Crippen LogP contribution in [0.15, 0.2) is 24.7 Å². The highest BCUT2D eigenvalue weighted by atomic mass is 32.2. The number of hydrogen-bond donors (Lipinski definition) is 1. The van der Waals surface area contributed by atoms with E-state index in [1.807, 2.05) is 13.2 Å². The van der Waals surface area contributed by atoms with Crippen LogP contribution in [-0.4, -0.2) is 34.3 Å². The van der Waals surface area contributed by atoms with Gasteiger partial charge in [0, 0.05) is 47.0 Å². The van der Waals surface area contributed by atoms with Gasteiger partial charge < -0.3 is 5.73 Å². The van der Waals surface area contributed by atoms with Crippen molar-refractivity contribution in [1.29, 1.82) is 0 Å². The van der Waals surface area contributed by atoms with E-state index in [1.165, 1.54) is 0 Å². The molecule has 4 heterocycles. The van der Waals surface area contributed by atoms with Gasteiger partial charge in [-0.25, -0.2) is 4.98 Å². The molecule has 23 heavy (non-hydrogen) atoms. The van der Waals surface area contributed by atoms with Crippen LogP contribution in [0.4, 0.5) is 5.82 Å². The van der Waals surface area contributed by atoms with Crippen molar-refractivity contribution in [3.8, 4) is 11.1 Å². The molecule has 0 aromatic carbocycles. The van der Waals surface area contributed by atoms with Crippen LogP contribution in [0.1, 0.15) is 30.2 Å². The Kier molecular flexibility index (Phi) is 3.41. The molecule has 8 heteroatoms. The second-order valence-corrected chi connectivity index (χ2v) is 7.61. The standard InChI is InChI=1S/C15H18N6OS/c1-20-9-10(7-17-20)11-8-18-21-14(16)6-12(19-15(11)21)13-4-2-3-5-23(13)22/h6-9,13H,2-5,16H2,1H3. The van der Waals surface area contributed by atoms with Gasteiger partial charge in [0.1, 0.15) is 5.82 Å². The van der Waals surface area contributed by atoms with E-state index < -0.39 is 10.8 Å². The predicted molar refractivity (Wildman–Crippen MR) is 89.2 cm³/mol. The molecule has 2 atom stereocenters. The van der Waals surface area contributed by atoms with Crippen LogP contribution in [0.3, 0.4) is 0 Å². The molecule has 120 valence electrons. The number of fused-ring (bicyclic) bond motifs is 1. The lowest BCUT2D eigenvalue weighted by Crippen LogP contribution is -2.17. The molecule has 1 fully saturated rings. The molecule has 3 aromatic heterocycles. The van der Waals surface area contributed by atoms with Crippen LogP contribution < -0.4 is 5.73 Å². The normalized spacial score (nSPS) is 21.8. The first kappa shape index (κ1) is 14.4. The minimum Gasteiger partial charge on any atom is -0.384 e. The highest BCUT2D eigenvalue weighted by molar-refractivity contribution is 7.85. The summed E-state index contributed by atoms with van der Waals surface area (Å²) in [5.41, 5.74) is 9.46. The average molecular weight is 330 g/mol. The molecule has 1 aliphatic rings. The number of nitrogens with zero attached hydrogens (tertiary/aromatic N) is 5. The molecular weight excluding hydrogens is 312 g/mol. The number of aromatic nitrogens is 5. The topological polar surface area (TPSA) is 91.1 Å². The molecule has 0 radical (unpaired) electrons. The van der Waals surface area contributed by atoms with Gasteiger partial charge in [0.15, 0.2) is 5.65 Å². The van der Waals surface area contributed by atoms with Crippen LogP contribution in [-0.2, 0) is 17.8 Å². The third-order valence-corrected chi connectivity index (χ3v) is 6.05. The van der Waals surface area contributed by atoms with E-state index in [0.717, 1.165) is 41.8 Å². The zero-order valence-corrected chi connectivity index (χ0v) is 13.7. The molecule has 0 saturated carbocycles. The monoisotopic (exact) mass is 330 g/mol. The molecule has 2 unspecified atom stereocenters. The number of hydrogen-bond acceptors (Lipinski definition) is 5. The Morgan fingerprint density at radius 1 is 1.30 bits per heavy atom. The van der Waals surface area contributed by atoms with E-state index in [-0.39, 0.29) is 5.25 Å². The molecule has 4 rings (SSSR count). The van der Waals surface area contributed by atoms with Gasteiger partial charge in [0.2, 0.25) is 0 Å². The summed E-state index contributed by atoms with van der Waals surface area (Å²) in [5.74, 6) is 1.26. The first-order chi connectivity index (χ1) is 11.1. The van der Waals surface area contributed by atoms with Crippen molar-refractivity contribution in [2.24, 2.45) is 7.05 Å². The Hall–Kier alpha value is -2.22. The summed E-state index contributed by atoms with van der Waals surface area (Å²) in [6, 6.07) is 1.81. The van der Waals surface area contributed by atoms with E-state index in [0.29, 0.717) is 11.5 Å². The number of nitrogen functional groups attached to an aromatic ring is 1. The quantitative estimate of drug-likeness (QED) is 0.772. The number of nitrogens with two attached hydrogens (primary N) is 1. The Labute approximate surface area is 136 Å². The van der Waals surface area contributed by atoms with Crippen LogP contribution in [0.5, 0.6) is 0 Å². The van der Waals surface area contributed by atoms with Crippen LogP contribution in [0, 0.1) is 0 Å². The number of rotatable bonds is 2. The van der Waals surface area contributed by atoms with Gasteiger partial charge in [0.25, 0.3) is 0 Å². The Morgan fingerprint density at radius 3 is 2.91 bits per heavy atom. The lowest BCUT2D eigenvalue weighted by molar-refractivity contribution is 0.613. The summed E-state index contributed by atoms with van der Waals surface area (Å²) < 4.78 is 15.7. The molecule has 7 nitrogen and oxygen atoms in total. The zero-order chi connectivity index (χ0) is 16.0. The van der Waals surface area contributed by atoms with Crippen molar-refractivity contribution in [3.05, 3.63) is 30.4 Å². The third-order valence-electron chi connectivity index (χ3n) is 4.24. The van der Waals surface area contributed by atoms with Crippen molar-refractivity contribution >= 4 is 22.3 Å². The van der Waals surface area contributed by atoms with E-state index >= 15 is 0 Å². The molecule has 3 aromatic rings. The first-order valence-corrected chi connectivity index (χ1v) is 9.02. The lowest BCUT2D eigenvalue weighted by Gasteiger charge is -2.21. The first-order valence-electron chi connectivity index (χ1n) is 7.64. The van der Waals surface area contributed by atoms with Crippen molar-refractivity contribution in [1.82, 2.24) is 24.4 Å². The van der Waals surface area contributed by atoms with E-state index in [9.17, 15) is 4.21 Å². The molecule has 1 aliphatic heterocycles. The minimum atomic E-state index is -0.879. The van der Waals surface area contributed by atoms with Crippen molar-refractivity contribution in [3.63, 3.8) is 0 Å². The van der Waals surface area contributed by atoms with Gasteiger partial charge in [-0.3, -0.25) is 8.89 Å². The van der Waals surface area contributed by atoms with Crippen molar-refractivity contribution in [2.75, 3.05) is 11.5 Å². The maximum Gasteiger partial charge on any atom is 0.165 e. The average Bonchev–Trinajstić information content (AvgIpc) is 3.14. The van der Waals surface area contributed by atoms with Crippen LogP contribution in [0.25, 0.3) is 16.8 Å². The van der Waals surface area contributed by atoms with E-state index in [1.54, 1.807) is 27.7 Å². The highest BCUT2D eigenvalue weighted by Gasteiger charge is 2.25. The van der Waals surface area contributed by atoms with Crippen molar-refractivity contribution in [2.45, 2.75) is 24.5 Å². The fourth-order valence-electron chi connectivity index (χ4n) is 3.06. The lowest BCUT2D eigenvalue weighted by atomic mass is 10.1. The Balaban J connectivity index is 1.86. The second-order valence-electron chi connectivity index (χ2n) is 5.87. The maximum atomic E-state index is 12.3. The molecule has 0 spiro atoms. The van der Waals surface area contributed by atoms with Gasteiger partial charge in [-0.2, -0.15) is 14.7 Å². The Bertz CT molecular complexity index is 899.